The zero-order chi connectivity index (χ0) is 14.7. The lowest BCUT2D eigenvalue weighted by Gasteiger charge is -2.32. The van der Waals surface area contributed by atoms with Crippen molar-refractivity contribution in [2.45, 2.75) is 37.8 Å². The highest BCUT2D eigenvalue weighted by molar-refractivity contribution is 6.27. The zero-order valence-corrected chi connectivity index (χ0v) is 12.6. The SMILES string of the molecule is O=C(CCl)N1CCC[C@@H](Oc2cc(NC3CC3)ncn2)C1. The molecule has 3 rings (SSSR count). The Morgan fingerprint density at radius 1 is 1.43 bits per heavy atom. The first-order chi connectivity index (χ1) is 10.2. The molecule has 0 unspecified atom stereocenters. The molecule has 21 heavy (non-hydrogen) atoms. The highest BCUT2D eigenvalue weighted by atomic mass is 35.5. The van der Waals surface area contributed by atoms with Gasteiger partial charge in [0.2, 0.25) is 11.8 Å². The average molecular weight is 311 g/mol. The van der Waals surface area contributed by atoms with E-state index in [1.807, 2.05) is 6.07 Å². The Kier molecular flexibility index (Phi) is 4.43. The normalized spacial score (nSPS) is 22.0. The number of likely N-dealkylation sites (tertiary alicyclic amines) is 1. The quantitative estimate of drug-likeness (QED) is 0.838. The largest absolute Gasteiger partial charge is 0.472 e. The first-order valence-electron chi connectivity index (χ1n) is 7.33. The number of hydrogen-bond donors (Lipinski definition) is 1. The van der Waals surface area contributed by atoms with Gasteiger partial charge in [-0.05, 0) is 25.7 Å². The van der Waals surface area contributed by atoms with Gasteiger partial charge in [-0.25, -0.2) is 9.97 Å². The number of carbonyl (C=O) groups is 1. The van der Waals surface area contributed by atoms with Crippen LogP contribution in [0.5, 0.6) is 5.88 Å². The van der Waals surface area contributed by atoms with E-state index in [1.165, 1.54) is 19.2 Å². The topological polar surface area (TPSA) is 67.3 Å². The summed E-state index contributed by atoms with van der Waals surface area (Å²) in [5, 5.41) is 3.32. The van der Waals surface area contributed by atoms with E-state index in [0.29, 0.717) is 18.5 Å². The van der Waals surface area contributed by atoms with Gasteiger partial charge >= 0.3 is 0 Å². The summed E-state index contributed by atoms with van der Waals surface area (Å²) in [5.41, 5.74) is 0. The summed E-state index contributed by atoms with van der Waals surface area (Å²) in [5.74, 6) is 1.34. The van der Waals surface area contributed by atoms with E-state index in [0.717, 1.165) is 25.2 Å². The van der Waals surface area contributed by atoms with E-state index in [2.05, 4.69) is 15.3 Å². The molecule has 1 aliphatic heterocycles. The average Bonchev–Trinajstić information content (AvgIpc) is 3.31. The van der Waals surface area contributed by atoms with Gasteiger partial charge < -0.3 is 15.0 Å². The number of piperidine rings is 1. The standard InChI is InChI=1S/C14H19ClN4O2/c15-7-14(20)19-5-1-2-11(8-19)21-13-6-12(16-9-17-13)18-10-3-4-10/h6,9-11H,1-5,7-8H2,(H,16,17,18)/t11-/m1/s1. The van der Waals surface area contributed by atoms with Crippen LogP contribution in [0.25, 0.3) is 0 Å². The van der Waals surface area contributed by atoms with Gasteiger partial charge in [-0.1, -0.05) is 0 Å². The molecule has 0 bridgehead atoms. The molecule has 1 saturated heterocycles. The third kappa shape index (κ3) is 3.97. The van der Waals surface area contributed by atoms with Crippen LogP contribution in [0.3, 0.4) is 0 Å². The minimum Gasteiger partial charge on any atom is -0.472 e. The van der Waals surface area contributed by atoms with Crippen LogP contribution < -0.4 is 10.1 Å². The molecule has 7 heteroatoms. The maximum Gasteiger partial charge on any atom is 0.237 e. The lowest BCUT2D eigenvalue weighted by Crippen LogP contribution is -2.45. The van der Waals surface area contributed by atoms with Crippen molar-refractivity contribution in [2.75, 3.05) is 24.3 Å². The molecule has 1 aromatic rings. The van der Waals surface area contributed by atoms with Crippen LogP contribution in [0, 0.1) is 0 Å². The van der Waals surface area contributed by atoms with Gasteiger partial charge in [-0.15, -0.1) is 11.6 Å². The Labute approximate surface area is 128 Å². The Bertz CT molecular complexity index is 510. The fourth-order valence-corrected chi connectivity index (χ4v) is 2.60. The Morgan fingerprint density at radius 2 is 2.29 bits per heavy atom. The smallest absolute Gasteiger partial charge is 0.237 e. The fraction of sp³-hybridized carbons (Fsp3) is 0.643. The zero-order valence-electron chi connectivity index (χ0n) is 11.8. The summed E-state index contributed by atoms with van der Waals surface area (Å²) in [6.45, 7) is 1.32. The molecule has 6 nitrogen and oxygen atoms in total. The van der Waals surface area contributed by atoms with Crippen molar-refractivity contribution in [1.29, 1.82) is 0 Å². The molecule has 1 amide bonds. The highest BCUT2D eigenvalue weighted by Gasteiger charge is 2.25. The first kappa shape index (κ1) is 14.4. The lowest BCUT2D eigenvalue weighted by atomic mass is 10.1. The number of hydrogen-bond acceptors (Lipinski definition) is 5. The maximum atomic E-state index is 11.6. The number of ether oxygens (including phenoxy) is 1. The summed E-state index contributed by atoms with van der Waals surface area (Å²) in [6, 6.07) is 2.36. The van der Waals surface area contributed by atoms with Crippen molar-refractivity contribution in [1.82, 2.24) is 14.9 Å². The molecule has 114 valence electrons. The molecular weight excluding hydrogens is 292 g/mol. The van der Waals surface area contributed by atoms with Gasteiger partial charge in [0.1, 0.15) is 24.1 Å². The van der Waals surface area contributed by atoms with Crippen LogP contribution in [-0.2, 0) is 4.79 Å². The van der Waals surface area contributed by atoms with Crippen LogP contribution >= 0.6 is 11.6 Å². The molecule has 1 saturated carbocycles. The van der Waals surface area contributed by atoms with Crippen molar-refractivity contribution in [3.8, 4) is 5.88 Å². The van der Waals surface area contributed by atoms with Crippen molar-refractivity contribution in [2.24, 2.45) is 0 Å². The van der Waals surface area contributed by atoms with Gasteiger partial charge in [0.15, 0.2) is 0 Å². The summed E-state index contributed by atoms with van der Waals surface area (Å²) in [6.07, 6.45) is 5.70. The van der Waals surface area contributed by atoms with Crippen LogP contribution in [0.4, 0.5) is 5.82 Å². The number of anilines is 1. The van der Waals surface area contributed by atoms with Crippen LogP contribution in [0.15, 0.2) is 12.4 Å². The van der Waals surface area contributed by atoms with E-state index in [1.54, 1.807) is 4.90 Å². The first-order valence-corrected chi connectivity index (χ1v) is 7.87. The van der Waals surface area contributed by atoms with E-state index in [9.17, 15) is 4.79 Å². The fourth-order valence-electron chi connectivity index (χ4n) is 2.44. The minimum absolute atomic E-state index is 0.0235. The van der Waals surface area contributed by atoms with E-state index in [4.69, 9.17) is 16.3 Å². The van der Waals surface area contributed by atoms with Crippen molar-refractivity contribution in [3.05, 3.63) is 12.4 Å². The summed E-state index contributed by atoms with van der Waals surface area (Å²) < 4.78 is 5.89. The third-order valence-corrected chi connectivity index (χ3v) is 3.93. The molecule has 1 aromatic heterocycles. The predicted octanol–water partition coefficient (Wildman–Crippen LogP) is 1.66. The second-order valence-corrected chi connectivity index (χ2v) is 5.78. The number of nitrogens with one attached hydrogen (secondary N) is 1. The van der Waals surface area contributed by atoms with Gasteiger partial charge in [-0.2, -0.15) is 0 Å². The van der Waals surface area contributed by atoms with Gasteiger partial charge in [0, 0.05) is 18.7 Å². The second-order valence-electron chi connectivity index (χ2n) is 5.52. The van der Waals surface area contributed by atoms with Gasteiger partial charge in [0.25, 0.3) is 0 Å². The minimum atomic E-state index is -0.0382. The molecule has 0 spiro atoms. The Hall–Kier alpha value is -1.56. The number of amides is 1. The van der Waals surface area contributed by atoms with Crippen molar-refractivity contribution >= 4 is 23.3 Å². The van der Waals surface area contributed by atoms with Crippen LogP contribution in [0.1, 0.15) is 25.7 Å². The summed E-state index contributed by atoms with van der Waals surface area (Å²) in [7, 11) is 0. The molecule has 0 aromatic carbocycles. The molecule has 1 aliphatic carbocycles. The monoisotopic (exact) mass is 310 g/mol. The van der Waals surface area contributed by atoms with Crippen molar-refractivity contribution < 1.29 is 9.53 Å². The molecule has 2 aliphatic rings. The van der Waals surface area contributed by atoms with E-state index < -0.39 is 0 Å². The van der Waals surface area contributed by atoms with Crippen LogP contribution in [0.2, 0.25) is 0 Å². The molecule has 2 heterocycles. The lowest BCUT2D eigenvalue weighted by molar-refractivity contribution is -0.131. The number of carbonyl (C=O) groups excluding carboxylic acids is 1. The highest BCUT2D eigenvalue weighted by Crippen LogP contribution is 2.25. The van der Waals surface area contributed by atoms with Crippen LogP contribution in [-0.4, -0.2) is 51.9 Å². The molecule has 1 N–H and O–H groups in total. The summed E-state index contributed by atoms with van der Waals surface area (Å²) in [4.78, 5) is 21.7. The number of halogens is 1. The number of rotatable bonds is 5. The summed E-state index contributed by atoms with van der Waals surface area (Å²) >= 11 is 5.61. The molecule has 1 atom stereocenters. The van der Waals surface area contributed by atoms with E-state index in [-0.39, 0.29) is 17.9 Å². The number of alkyl halides is 1. The Morgan fingerprint density at radius 3 is 3.05 bits per heavy atom. The number of aromatic nitrogens is 2. The van der Waals surface area contributed by atoms with Gasteiger partial charge in [0.05, 0.1) is 6.54 Å². The second kappa shape index (κ2) is 6.47. The van der Waals surface area contributed by atoms with E-state index >= 15 is 0 Å². The number of nitrogens with zero attached hydrogens (tertiary/aromatic N) is 3. The Balaban J connectivity index is 1.58. The third-order valence-electron chi connectivity index (χ3n) is 3.70. The molecule has 0 radical (unpaired) electrons. The van der Waals surface area contributed by atoms with Gasteiger partial charge in [-0.3, -0.25) is 4.79 Å². The predicted molar refractivity (Wildman–Crippen MR) is 79.6 cm³/mol. The van der Waals surface area contributed by atoms with Crippen molar-refractivity contribution in [3.63, 3.8) is 0 Å². The molecular formula is C14H19ClN4O2. The molecule has 2 fully saturated rings. The maximum absolute atomic E-state index is 11.6.